The lowest BCUT2D eigenvalue weighted by molar-refractivity contribution is 0.450. The van der Waals surface area contributed by atoms with E-state index >= 15 is 0 Å². The van der Waals surface area contributed by atoms with Crippen molar-refractivity contribution in [1.82, 2.24) is 4.98 Å². The highest BCUT2D eigenvalue weighted by atomic mass is 79.9. The summed E-state index contributed by atoms with van der Waals surface area (Å²) in [7, 11) is 0. The summed E-state index contributed by atoms with van der Waals surface area (Å²) in [5.41, 5.74) is 2.21. The average Bonchev–Trinajstić information content (AvgIpc) is 2.33. The van der Waals surface area contributed by atoms with Gasteiger partial charge in [0, 0.05) is 16.2 Å². The summed E-state index contributed by atoms with van der Waals surface area (Å²) in [4.78, 5) is 4.30. The first-order valence-corrected chi connectivity index (χ1v) is 6.76. The zero-order valence-electron chi connectivity index (χ0n) is 10.8. The van der Waals surface area contributed by atoms with Gasteiger partial charge in [0.1, 0.15) is 5.75 Å². The molecule has 0 fully saturated rings. The first-order valence-electron chi connectivity index (χ1n) is 5.97. The number of hydrogen-bond acceptors (Lipinski definition) is 2. The van der Waals surface area contributed by atoms with Gasteiger partial charge in [0.05, 0.1) is 0 Å². The lowest BCUT2D eigenvalue weighted by Gasteiger charge is -2.14. The maximum atomic E-state index is 5.92. The number of benzene rings is 1. The van der Waals surface area contributed by atoms with E-state index in [1.54, 1.807) is 6.20 Å². The molecule has 0 N–H and O–H groups in total. The van der Waals surface area contributed by atoms with E-state index < -0.39 is 0 Å². The van der Waals surface area contributed by atoms with Crippen LogP contribution in [0.2, 0.25) is 0 Å². The predicted octanol–water partition coefficient (Wildman–Crippen LogP) is 5.07. The minimum absolute atomic E-state index is 0.428. The zero-order valence-corrected chi connectivity index (χ0v) is 12.4. The Kier molecular flexibility index (Phi) is 4.02. The number of rotatable bonds is 3. The molecule has 0 aliphatic carbocycles. The van der Waals surface area contributed by atoms with Crippen molar-refractivity contribution in [2.24, 2.45) is 0 Å². The molecule has 0 aliphatic rings. The SMILES string of the molecule is Cc1cc(Br)cnc1Oc1ccccc1C(C)C. The Hall–Kier alpha value is -1.35. The van der Waals surface area contributed by atoms with Crippen LogP contribution in [0.3, 0.4) is 0 Å². The molecule has 0 atom stereocenters. The molecule has 94 valence electrons. The van der Waals surface area contributed by atoms with E-state index in [0.717, 1.165) is 15.8 Å². The van der Waals surface area contributed by atoms with Crippen LogP contribution in [0, 0.1) is 6.92 Å². The van der Waals surface area contributed by atoms with Crippen molar-refractivity contribution in [1.29, 1.82) is 0 Å². The summed E-state index contributed by atoms with van der Waals surface area (Å²) in [5.74, 6) is 1.97. The highest BCUT2D eigenvalue weighted by Gasteiger charge is 2.10. The second-order valence-corrected chi connectivity index (χ2v) is 5.49. The smallest absolute Gasteiger partial charge is 0.222 e. The molecule has 2 nitrogen and oxygen atoms in total. The quantitative estimate of drug-likeness (QED) is 0.790. The largest absolute Gasteiger partial charge is 0.438 e. The van der Waals surface area contributed by atoms with Crippen molar-refractivity contribution in [2.45, 2.75) is 26.7 Å². The fraction of sp³-hybridized carbons (Fsp3) is 0.267. The second-order valence-electron chi connectivity index (χ2n) is 4.57. The van der Waals surface area contributed by atoms with Gasteiger partial charge in [0.25, 0.3) is 0 Å². The van der Waals surface area contributed by atoms with E-state index in [1.165, 1.54) is 5.56 Å². The number of aromatic nitrogens is 1. The van der Waals surface area contributed by atoms with Crippen molar-refractivity contribution < 1.29 is 4.74 Å². The maximum Gasteiger partial charge on any atom is 0.222 e. The molecule has 2 rings (SSSR count). The Morgan fingerprint density at radius 2 is 1.94 bits per heavy atom. The zero-order chi connectivity index (χ0) is 13.1. The fourth-order valence-corrected chi connectivity index (χ4v) is 2.24. The third-order valence-corrected chi connectivity index (χ3v) is 3.18. The molecule has 2 aromatic rings. The Balaban J connectivity index is 2.34. The summed E-state index contributed by atoms with van der Waals surface area (Å²) in [6.07, 6.45) is 1.75. The van der Waals surface area contributed by atoms with Gasteiger partial charge in [0.15, 0.2) is 0 Å². The third kappa shape index (κ3) is 2.91. The fourth-order valence-electron chi connectivity index (χ4n) is 1.79. The average molecular weight is 306 g/mol. The number of nitrogens with zero attached hydrogens (tertiary/aromatic N) is 1. The van der Waals surface area contributed by atoms with Gasteiger partial charge in [-0.2, -0.15) is 0 Å². The van der Waals surface area contributed by atoms with E-state index in [0.29, 0.717) is 11.8 Å². The molecule has 1 aromatic carbocycles. The lowest BCUT2D eigenvalue weighted by Crippen LogP contribution is -1.96. The lowest BCUT2D eigenvalue weighted by atomic mass is 10.0. The molecule has 0 bridgehead atoms. The van der Waals surface area contributed by atoms with Crippen LogP contribution in [0.25, 0.3) is 0 Å². The highest BCUT2D eigenvalue weighted by molar-refractivity contribution is 9.10. The molecule has 0 unspecified atom stereocenters. The number of aryl methyl sites for hydroxylation is 1. The molecule has 18 heavy (non-hydrogen) atoms. The molecule has 0 radical (unpaired) electrons. The van der Waals surface area contributed by atoms with Crippen molar-refractivity contribution >= 4 is 15.9 Å². The molecule has 0 saturated heterocycles. The number of ether oxygens (including phenoxy) is 1. The van der Waals surface area contributed by atoms with Crippen molar-refractivity contribution in [2.75, 3.05) is 0 Å². The van der Waals surface area contributed by atoms with Crippen LogP contribution >= 0.6 is 15.9 Å². The minimum Gasteiger partial charge on any atom is -0.438 e. The van der Waals surface area contributed by atoms with Crippen LogP contribution in [-0.4, -0.2) is 4.98 Å². The van der Waals surface area contributed by atoms with Gasteiger partial charge in [-0.25, -0.2) is 4.98 Å². The van der Waals surface area contributed by atoms with Crippen molar-refractivity contribution in [3.63, 3.8) is 0 Å². The highest BCUT2D eigenvalue weighted by Crippen LogP contribution is 2.31. The van der Waals surface area contributed by atoms with Gasteiger partial charge in [-0.05, 0) is 46.5 Å². The maximum absolute atomic E-state index is 5.92. The first-order chi connectivity index (χ1) is 8.58. The molecule has 1 aromatic heterocycles. The van der Waals surface area contributed by atoms with Gasteiger partial charge >= 0.3 is 0 Å². The Labute approximate surface area is 116 Å². The van der Waals surface area contributed by atoms with Crippen LogP contribution in [0.15, 0.2) is 41.0 Å². The summed E-state index contributed by atoms with van der Waals surface area (Å²) in [6.45, 7) is 6.30. The predicted molar refractivity (Wildman–Crippen MR) is 77.3 cm³/mol. The first kappa shape index (κ1) is 13.1. The van der Waals surface area contributed by atoms with Crippen LogP contribution in [-0.2, 0) is 0 Å². The number of halogens is 1. The minimum atomic E-state index is 0.428. The summed E-state index contributed by atoms with van der Waals surface area (Å²) >= 11 is 3.40. The van der Waals surface area contributed by atoms with Crippen molar-refractivity contribution in [3.05, 3.63) is 52.1 Å². The van der Waals surface area contributed by atoms with Gasteiger partial charge < -0.3 is 4.74 Å². The third-order valence-electron chi connectivity index (χ3n) is 2.74. The number of pyridine rings is 1. The molecule has 3 heteroatoms. The monoisotopic (exact) mass is 305 g/mol. The van der Waals surface area contributed by atoms with Crippen LogP contribution < -0.4 is 4.74 Å². The molecular formula is C15H16BrNO. The van der Waals surface area contributed by atoms with E-state index in [1.807, 2.05) is 31.2 Å². The van der Waals surface area contributed by atoms with Gasteiger partial charge in [-0.15, -0.1) is 0 Å². The molecule has 0 amide bonds. The summed E-state index contributed by atoms with van der Waals surface area (Å²) in [5, 5.41) is 0. The van der Waals surface area contributed by atoms with Crippen LogP contribution in [0.4, 0.5) is 0 Å². The molecule has 1 heterocycles. The van der Waals surface area contributed by atoms with Crippen LogP contribution in [0.5, 0.6) is 11.6 Å². The Bertz CT molecular complexity index is 552. The van der Waals surface area contributed by atoms with Crippen molar-refractivity contribution in [3.8, 4) is 11.6 Å². The molecule has 0 aliphatic heterocycles. The van der Waals surface area contributed by atoms with Gasteiger partial charge in [-0.3, -0.25) is 0 Å². The number of para-hydroxylation sites is 1. The van der Waals surface area contributed by atoms with Gasteiger partial charge in [0.2, 0.25) is 5.88 Å². The Morgan fingerprint density at radius 3 is 2.61 bits per heavy atom. The number of hydrogen-bond donors (Lipinski definition) is 0. The Morgan fingerprint density at radius 1 is 1.22 bits per heavy atom. The van der Waals surface area contributed by atoms with Gasteiger partial charge in [-0.1, -0.05) is 32.0 Å². The van der Waals surface area contributed by atoms with Crippen LogP contribution in [0.1, 0.15) is 30.9 Å². The topological polar surface area (TPSA) is 22.1 Å². The van der Waals surface area contributed by atoms with E-state index in [4.69, 9.17) is 4.74 Å². The molecule has 0 saturated carbocycles. The van der Waals surface area contributed by atoms with E-state index in [-0.39, 0.29) is 0 Å². The normalized spacial score (nSPS) is 10.7. The van der Waals surface area contributed by atoms with E-state index in [9.17, 15) is 0 Å². The summed E-state index contributed by atoms with van der Waals surface area (Å²) in [6, 6.07) is 10.1. The standard InChI is InChI=1S/C15H16BrNO/c1-10(2)13-6-4-5-7-14(13)18-15-11(3)8-12(16)9-17-15/h4-10H,1-3H3. The summed E-state index contributed by atoms with van der Waals surface area (Å²) < 4.78 is 6.89. The second kappa shape index (κ2) is 5.53. The van der Waals surface area contributed by atoms with E-state index in [2.05, 4.69) is 40.8 Å². The molecule has 0 spiro atoms. The molecular weight excluding hydrogens is 290 g/mol.